The number of nitrogen functional groups attached to an aromatic ring is 1. The molecular formula is C32H22BrN5O4S. The van der Waals surface area contributed by atoms with Crippen molar-refractivity contribution in [3.63, 3.8) is 0 Å². The first-order valence-corrected chi connectivity index (χ1v) is 15.2. The Balaban J connectivity index is 1.40. The molecule has 0 spiro atoms. The molecule has 0 radical (unpaired) electrons. The highest BCUT2D eigenvalue weighted by Crippen LogP contribution is 2.33. The molecular weight excluding hydrogens is 630 g/mol. The van der Waals surface area contributed by atoms with Gasteiger partial charge in [0.2, 0.25) is 5.78 Å². The molecule has 6 rings (SSSR count). The number of carbonyl (C=O) groups is 1. The Morgan fingerprint density at radius 3 is 2.44 bits per heavy atom. The van der Waals surface area contributed by atoms with Crippen LogP contribution in [0.5, 0.6) is 11.5 Å². The largest absolute Gasteiger partial charge is 0.457 e. The van der Waals surface area contributed by atoms with Gasteiger partial charge in [0.1, 0.15) is 23.0 Å². The van der Waals surface area contributed by atoms with Gasteiger partial charge in [0.15, 0.2) is 0 Å². The first-order chi connectivity index (χ1) is 20.7. The summed E-state index contributed by atoms with van der Waals surface area (Å²) in [5.41, 5.74) is 8.65. The van der Waals surface area contributed by atoms with E-state index in [1.54, 1.807) is 78.9 Å². The van der Waals surface area contributed by atoms with Crippen molar-refractivity contribution in [1.82, 2.24) is 13.8 Å². The van der Waals surface area contributed by atoms with E-state index in [9.17, 15) is 13.2 Å². The van der Waals surface area contributed by atoms with Crippen molar-refractivity contribution in [3.05, 3.63) is 130 Å². The van der Waals surface area contributed by atoms with Crippen LogP contribution in [0.15, 0.2) is 113 Å². The molecule has 212 valence electrons. The van der Waals surface area contributed by atoms with Crippen molar-refractivity contribution in [2.45, 2.75) is 11.8 Å². The van der Waals surface area contributed by atoms with Crippen LogP contribution in [0.4, 0.5) is 5.82 Å². The number of ether oxygens (including phenoxy) is 1. The second-order valence-corrected chi connectivity index (χ2v) is 12.3. The molecule has 9 nitrogen and oxygen atoms in total. The molecule has 0 saturated carbocycles. The van der Waals surface area contributed by atoms with Gasteiger partial charge in [-0.2, -0.15) is 10.4 Å². The van der Waals surface area contributed by atoms with Gasteiger partial charge in [-0.1, -0.05) is 46.3 Å². The smallest absolute Gasteiger partial charge is 0.268 e. The van der Waals surface area contributed by atoms with Gasteiger partial charge in [-0.05, 0) is 79.2 Å². The number of aryl methyl sites for hydroxylation is 1. The van der Waals surface area contributed by atoms with E-state index < -0.39 is 15.8 Å². The van der Waals surface area contributed by atoms with E-state index in [-0.39, 0.29) is 22.0 Å². The lowest BCUT2D eigenvalue weighted by atomic mass is 10.1. The van der Waals surface area contributed by atoms with Crippen molar-refractivity contribution in [1.29, 1.82) is 5.26 Å². The van der Waals surface area contributed by atoms with Gasteiger partial charge in [-0.15, -0.1) is 0 Å². The molecule has 0 fully saturated rings. The number of nitriles is 1. The summed E-state index contributed by atoms with van der Waals surface area (Å²) in [5.74, 6) is 0.516. The zero-order chi connectivity index (χ0) is 30.3. The van der Waals surface area contributed by atoms with E-state index in [1.165, 1.54) is 29.1 Å². The third-order valence-corrected chi connectivity index (χ3v) is 9.34. The maximum atomic E-state index is 14.0. The lowest BCUT2D eigenvalue weighted by Gasteiger charge is -2.13. The average Bonchev–Trinajstić information content (AvgIpc) is 3.60. The van der Waals surface area contributed by atoms with Crippen LogP contribution in [0.25, 0.3) is 16.6 Å². The topological polar surface area (TPSA) is 133 Å². The maximum absolute atomic E-state index is 14.0. The summed E-state index contributed by atoms with van der Waals surface area (Å²) in [6.45, 7) is 1.85. The van der Waals surface area contributed by atoms with E-state index >= 15 is 0 Å². The Bertz CT molecular complexity index is 2200. The first kappa shape index (κ1) is 28.0. The highest BCUT2D eigenvalue weighted by Gasteiger charge is 2.29. The van der Waals surface area contributed by atoms with Gasteiger partial charge in [0.25, 0.3) is 10.0 Å². The summed E-state index contributed by atoms with van der Waals surface area (Å²) in [6.07, 6.45) is 1.33. The first-order valence-electron chi connectivity index (χ1n) is 13.0. The molecule has 0 atom stereocenters. The number of nitrogens with zero attached hydrogens (tertiary/aromatic N) is 4. The molecule has 0 unspecified atom stereocenters. The molecule has 0 aliphatic rings. The minimum absolute atomic E-state index is 0.0440. The number of benzene rings is 4. The van der Waals surface area contributed by atoms with Crippen LogP contribution < -0.4 is 10.5 Å². The standard InChI is InChI=1S/C32H22BrN5O4S/c1-20-15-23(42-22-8-5-7-21(16-22)18-34)13-14-28(20)37-32(35)26(19-36-37)31(39)30-17-25-27(33)11-6-12-29(25)38(30)43(40,41)24-9-3-2-4-10-24/h2-17,19H,35H2,1H3. The van der Waals surface area contributed by atoms with E-state index in [0.29, 0.717) is 38.1 Å². The van der Waals surface area contributed by atoms with E-state index in [4.69, 9.17) is 15.7 Å². The van der Waals surface area contributed by atoms with Gasteiger partial charge in [0, 0.05) is 9.86 Å². The number of carbonyl (C=O) groups excluding carboxylic acids is 1. The van der Waals surface area contributed by atoms with Crippen LogP contribution in [-0.2, 0) is 10.0 Å². The Hall–Kier alpha value is -5.18. The molecule has 2 heterocycles. The zero-order valence-corrected chi connectivity index (χ0v) is 25.0. The van der Waals surface area contributed by atoms with Crippen molar-refractivity contribution in [2.75, 3.05) is 5.73 Å². The number of rotatable bonds is 7. The predicted octanol–water partition coefficient (Wildman–Crippen LogP) is 6.61. The van der Waals surface area contributed by atoms with Gasteiger partial charge < -0.3 is 10.5 Å². The van der Waals surface area contributed by atoms with Gasteiger partial charge in [-0.3, -0.25) is 4.79 Å². The van der Waals surface area contributed by atoms with Crippen molar-refractivity contribution in [3.8, 4) is 23.3 Å². The number of aromatic nitrogens is 3. The fourth-order valence-corrected chi connectivity index (χ4v) is 6.84. The molecule has 0 aliphatic carbocycles. The molecule has 2 N–H and O–H groups in total. The molecule has 0 saturated heterocycles. The lowest BCUT2D eigenvalue weighted by Crippen LogP contribution is -2.19. The summed E-state index contributed by atoms with van der Waals surface area (Å²) >= 11 is 3.48. The SMILES string of the molecule is Cc1cc(Oc2cccc(C#N)c2)ccc1-n1ncc(C(=O)c2cc3c(Br)cccc3n2S(=O)(=O)c2ccccc2)c1N. The molecule has 43 heavy (non-hydrogen) atoms. The molecule has 0 bridgehead atoms. The number of halogens is 1. The number of nitrogens with two attached hydrogens (primary N) is 1. The van der Waals surface area contributed by atoms with Crippen molar-refractivity contribution in [2.24, 2.45) is 0 Å². The fraction of sp³-hybridized carbons (Fsp3) is 0.0312. The Labute approximate surface area is 255 Å². The second kappa shape index (κ2) is 10.9. The molecule has 6 aromatic rings. The number of anilines is 1. The van der Waals surface area contributed by atoms with Crippen LogP contribution in [0.1, 0.15) is 27.2 Å². The number of hydrogen-bond acceptors (Lipinski definition) is 7. The molecule has 4 aromatic carbocycles. The second-order valence-electron chi connectivity index (χ2n) is 9.66. The highest BCUT2D eigenvalue weighted by atomic mass is 79.9. The Morgan fingerprint density at radius 1 is 0.953 bits per heavy atom. The van der Waals surface area contributed by atoms with Gasteiger partial charge >= 0.3 is 0 Å². The molecule has 11 heteroatoms. The number of fused-ring (bicyclic) bond motifs is 1. The fourth-order valence-electron chi connectivity index (χ4n) is 4.84. The Morgan fingerprint density at radius 2 is 1.70 bits per heavy atom. The maximum Gasteiger partial charge on any atom is 0.268 e. The van der Waals surface area contributed by atoms with Crippen LogP contribution in [-0.4, -0.2) is 28.0 Å². The quantitative estimate of drug-likeness (QED) is 0.192. The summed E-state index contributed by atoms with van der Waals surface area (Å²) in [4.78, 5) is 14.1. The van der Waals surface area contributed by atoms with Crippen LogP contribution >= 0.6 is 15.9 Å². The third kappa shape index (κ3) is 4.97. The van der Waals surface area contributed by atoms with E-state index in [2.05, 4.69) is 27.1 Å². The van der Waals surface area contributed by atoms with E-state index in [1.807, 2.05) is 6.92 Å². The monoisotopic (exact) mass is 651 g/mol. The predicted molar refractivity (Wildman–Crippen MR) is 166 cm³/mol. The van der Waals surface area contributed by atoms with Gasteiger partial charge in [-0.25, -0.2) is 17.1 Å². The van der Waals surface area contributed by atoms with Crippen LogP contribution in [0.2, 0.25) is 0 Å². The highest BCUT2D eigenvalue weighted by molar-refractivity contribution is 9.10. The molecule has 2 aromatic heterocycles. The minimum Gasteiger partial charge on any atom is -0.457 e. The third-order valence-electron chi connectivity index (χ3n) is 6.91. The molecule has 0 aliphatic heterocycles. The number of ketones is 1. The van der Waals surface area contributed by atoms with Crippen molar-refractivity contribution >= 4 is 48.5 Å². The molecule has 0 amide bonds. The summed E-state index contributed by atoms with van der Waals surface area (Å²) in [5, 5.41) is 14.1. The van der Waals surface area contributed by atoms with Gasteiger partial charge in [0.05, 0.1) is 39.5 Å². The zero-order valence-electron chi connectivity index (χ0n) is 22.6. The minimum atomic E-state index is -4.15. The summed E-state index contributed by atoms with van der Waals surface area (Å²) < 4.78 is 36.7. The number of hydrogen-bond donors (Lipinski definition) is 1. The lowest BCUT2D eigenvalue weighted by molar-refractivity contribution is 0.103. The van der Waals surface area contributed by atoms with Crippen molar-refractivity contribution < 1.29 is 17.9 Å². The Kier molecular flexibility index (Phi) is 7.09. The normalized spacial score (nSPS) is 11.4. The van der Waals surface area contributed by atoms with Crippen LogP contribution in [0.3, 0.4) is 0 Å². The average molecular weight is 653 g/mol. The summed E-state index contributed by atoms with van der Waals surface area (Å²) in [7, 11) is -4.15. The van der Waals surface area contributed by atoms with Crippen LogP contribution in [0, 0.1) is 18.3 Å². The van der Waals surface area contributed by atoms with E-state index in [0.717, 1.165) is 9.54 Å². The summed E-state index contributed by atoms with van der Waals surface area (Å²) in [6, 6.07) is 28.8.